The Morgan fingerprint density at radius 2 is 1.94 bits per heavy atom. The highest BCUT2D eigenvalue weighted by molar-refractivity contribution is 5.73. The fourth-order valence-electron chi connectivity index (χ4n) is 3.38. The van der Waals surface area contributed by atoms with Crippen LogP contribution >= 0.6 is 0 Å². The van der Waals surface area contributed by atoms with Crippen LogP contribution < -0.4 is 0 Å². The molecular formula is C13H23NO2. The molecule has 1 saturated heterocycles. The van der Waals surface area contributed by atoms with Crippen molar-refractivity contribution in [1.82, 2.24) is 4.90 Å². The van der Waals surface area contributed by atoms with Crippen molar-refractivity contribution >= 4 is 5.97 Å². The van der Waals surface area contributed by atoms with Gasteiger partial charge in [0.25, 0.3) is 0 Å². The van der Waals surface area contributed by atoms with Gasteiger partial charge in [-0.25, -0.2) is 0 Å². The second-order valence-corrected chi connectivity index (χ2v) is 5.32. The van der Waals surface area contributed by atoms with Gasteiger partial charge in [0.15, 0.2) is 0 Å². The third-order valence-electron chi connectivity index (χ3n) is 4.44. The highest BCUT2D eigenvalue weighted by Gasteiger charge is 2.36. The fraction of sp³-hybridized carbons (Fsp3) is 0.923. The van der Waals surface area contributed by atoms with Crippen LogP contribution in [-0.2, 0) is 4.79 Å². The van der Waals surface area contributed by atoms with E-state index >= 15 is 0 Å². The quantitative estimate of drug-likeness (QED) is 0.802. The summed E-state index contributed by atoms with van der Waals surface area (Å²) in [5.74, 6) is 0.275. The van der Waals surface area contributed by atoms with Crippen LogP contribution in [0.5, 0.6) is 0 Å². The van der Waals surface area contributed by atoms with Gasteiger partial charge < -0.3 is 5.11 Å². The minimum absolute atomic E-state index is 0.192. The Hall–Kier alpha value is -0.570. The maximum Gasteiger partial charge on any atom is 0.320 e. The molecule has 1 unspecified atom stereocenters. The average molecular weight is 225 g/mol. The van der Waals surface area contributed by atoms with Gasteiger partial charge in [-0.3, -0.25) is 9.69 Å². The van der Waals surface area contributed by atoms with Gasteiger partial charge in [-0.05, 0) is 51.0 Å². The van der Waals surface area contributed by atoms with Crippen LogP contribution in [0.2, 0.25) is 0 Å². The molecule has 1 aliphatic heterocycles. The van der Waals surface area contributed by atoms with E-state index in [1.54, 1.807) is 0 Å². The van der Waals surface area contributed by atoms with Gasteiger partial charge in [0.2, 0.25) is 0 Å². The maximum atomic E-state index is 11.1. The lowest BCUT2D eigenvalue weighted by Gasteiger charge is -2.36. The first-order chi connectivity index (χ1) is 7.72. The van der Waals surface area contributed by atoms with Crippen molar-refractivity contribution in [3.8, 4) is 0 Å². The lowest BCUT2D eigenvalue weighted by atomic mass is 9.84. The monoisotopic (exact) mass is 225 g/mol. The van der Waals surface area contributed by atoms with Crippen LogP contribution in [0.3, 0.4) is 0 Å². The van der Waals surface area contributed by atoms with E-state index in [0.29, 0.717) is 6.04 Å². The minimum atomic E-state index is -0.616. The van der Waals surface area contributed by atoms with Gasteiger partial charge in [0.05, 0.1) is 0 Å². The first-order valence-electron chi connectivity index (χ1n) is 6.71. The maximum absolute atomic E-state index is 11.1. The highest BCUT2D eigenvalue weighted by Crippen LogP contribution is 2.33. The van der Waals surface area contributed by atoms with Crippen molar-refractivity contribution in [3.05, 3.63) is 0 Å². The van der Waals surface area contributed by atoms with E-state index in [9.17, 15) is 9.90 Å². The van der Waals surface area contributed by atoms with Crippen molar-refractivity contribution in [1.29, 1.82) is 0 Å². The number of carboxylic acid groups (broad SMARTS) is 1. The Kier molecular flexibility index (Phi) is 3.85. The third-order valence-corrected chi connectivity index (χ3v) is 4.44. The molecule has 2 rings (SSSR count). The van der Waals surface area contributed by atoms with E-state index in [4.69, 9.17) is 0 Å². The number of carboxylic acids is 1. The summed E-state index contributed by atoms with van der Waals surface area (Å²) < 4.78 is 0. The summed E-state index contributed by atoms with van der Waals surface area (Å²) in [6, 6.07) is 0.356. The van der Waals surface area contributed by atoms with Crippen molar-refractivity contribution in [2.45, 2.75) is 64.0 Å². The van der Waals surface area contributed by atoms with Crippen molar-refractivity contribution in [2.24, 2.45) is 5.92 Å². The standard InChI is InChI=1S/C13H23NO2/c1-2-10-5-7-11(8-6-10)14-9-3-4-12(14)13(15)16/h10-12H,2-9H2,1H3,(H,15,16). The van der Waals surface area contributed by atoms with E-state index in [0.717, 1.165) is 25.3 Å². The van der Waals surface area contributed by atoms with Gasteiger partial charge in [-0.1, -0.05) is 13.3 Å². The molecular weight excluding hydrogens is 202 g/mol. The molecule has 0 aromatic rings. The van der Waals surface area contributed by atoms with E-state index < -0.39 is 5.97 Å². The molecule has 0 aromatic carbocycles. The van der Waals surface area contributed by atoms with Gasteiger partial charge in [0.1, 0.15) is 6.04 Å². The number of nitrogens with zero attached hydrogens (tertiary/aromatic N) is 1. The second kappa shape index (κ2) is 5.17. The predicted octanol–water partition coefficient (Wildman–Crippen LogP) is 2.50. The van der Waals surface area contributed by atoms with E-state index in [-0.39, 0.29) is 6.04 Å². The van der Waals surface area contributed by atoms with E-state index in [1.165, 1.54) is 32.1 Å². The lowest BCUT2D eigenvalue weighted by Crippen LogP contribution is -2.44. The molecule has 2 aliphatic rings. The summed E-state index contributed by atoms with van der Waals surface area (Å²) in [5.41, 5.74) is 0. The normalized spacial score (nSPS) is 36.4. The first kappa shape index (κ1) is 11.9. The van der Waals surface area contributed by atoms with Crippen molar-refractivity contribution in [2.75, 3.05) is 6.54 Å². The Morgan fingerprint density at radius 1 is 1.25 bits per heavy atom. The molecule has 0 spiro atoms. The topological polar surface area (TPSA) is 40.5 Å². The molecule has 0 radical (unpaired) electrons. The molecule has 3 heteroatoms. The smallest absolute Gasteiger partial charge is 0.320 e. The van der Waals surface area contributed by atoms with E-state index in [1.807, 2.05) is 0 Å². The van der Waals surface area contributed by atoms with Crippen LogP contribution in [-0.4, -0.2) is 34.6 Å². The van der Waals surface area contributed by atoms with Crippen molar-refractivity contribution in [3.63, 3.8) is 0 Å². The number of aliphatic carboxylic acids is 1. The Bertz CT molecular complexity index is 246. The number of likely N-dealkylation sites (tertiary alicyclic amines) is 1. The summed E-state index contributed by atoms with van der Waals surface area (Å²) in [6.45, 7) is 3.26. The molecule has 1 heterocycles. The van der Waals surface area contributed by atoms with Gasteiger partial charge >= 0.3 is 5.97 Å². The Morgan fingerprint density at radius 3 is 2.50 bits per heavy atom. The number of hydrogen-bond acceptors (Lipinski definition) is 2. The summed E-state index contributed by atoms with van der Waals surface area (Å²) in [6.07, 6.45) is 8.21. The zero-order valence-electron chi connectivity index (χ0n) is 10.2. The largest absolute Gasteiger partial charge is 0.480 e. The highest BCUT2D eigenvalue weighted by atomic mass is 16.4. The summed E-state index contributed by atoms with van der Waals surface area (Å²) in [4.78, 5) is 13.4. The van der Waals surface area contributed by atoms with Crippen LogP contribution in [0.15, 0.2) is 0 Å². The average Bonchev–Trinajstić information content (AvgIpc) is 2.78. The summed E-state index contributed by atoms with van der Waals surface area (Å²) in [5, 5.41) is 9.17. The molecule has 3 nitrogen and oxygen atoms in total. The number of carbonyl (C=O) groups is 1. The van der Waals surface area contributed by atoms with Gasteiger partial charge in [-0.15, -0.1) is 0 Å². The van der Waals surface area contributed by atoms with Gasteiger partial charge in [0, 0.05) is 6.04 Å². The fourth-order valence-corrected chi connectivity index (χ4v) is 3.38. The molecule has 0 aromatic heterocycles. The lowest BCUT2D eigenvalue weighted by molar-refractivity contribution is -0.143. The first-order valence-corrected chi connectivity index (χ1v) is 6.71. The summed E-state index contributed by atoms with van der Waals surface area (Å²) >= 11 is 0. The summed E-state index contributed by atoms with van der Waals surface area (Å²) in [7, 11) is 0. The van der Waals surface area contributed by atoms with E-state index in [2.05, 4.69) is 11.8 Å². The molecule has 0 amide bonds. The molecule has 92 valence electrons. The number of rotatable bonds is 3. The van der Waals surface area contributed by atoms with Gasteiger partial charge in [-0.2, -0.15) is 0 Å². The number of hydrogen-bond donors (Lipinski definition) is 1. The second-order valence-electron chi connectivity index (χ2n) is 5.32. The Balaban J connectivity index is 1.90. The SMILES string of the molecule is CCC1CCC(N2CCCC2C(=O)O)CC1. The molecule has 16 heavy (non-hydrogen) atoms. The van der Waals surface area contributed by atoms with Crippen LogP contribution in [0.4, 0.5) is 0 Å². The van der Waals surface area contributed by atoms with Crippen LogP contribution in [0, 0.1) is 5.92 Å². The van der Waals surface area contributed by atoms with Crippen molar-refractivity contribution < 1.29 is 9.90 Å². The van der Waals surface area contributed by atoms with Crippen LogP contribution in [0.25, 0.3) is 0 Å². The Labute approximate surface area is 97.8 Å². The zero-order valence-corrected chi connectivity index (χ0v) is 10.2. The third kappa shape index (κ3) is 2.40. The predicted molar refractivity (Wildman–Crippen MR) is 63.4 cm³/mol. The minimum Gasteiger partial charge on any atom is -0.480 e. The molecule has 1 saturated carbocycles. The molecule has 1 aliphatic carbocycles. The molecule has 2 fully saturated rings. The molecule has 1 N–H and O–H groups in total. The molecule has 1 atom stereocenters. The molecule has 0 bridgehead atoms. The van der Waals surface area contributed by atoms with Crippen LogP contribution in [0.1, 0.15) is 51.9 Å². The zero-order chi connectivity index (χ0) is 11.5.